The zero-order valence-corrected chi connectivity index (χ0v) is 48.6. The molecule has 0 aliphatic carbocycles. The summed E-state index contributed by atoms with van der Waals surface area (Å²) in [7, 11) is 1.25. The van der Waals surface area contributed by atoms with Crippen LogP contribution in [-0.4, -0.2) is 181 Å². The smallest absolute Gasteiger partial charge is 0.308 e. The Bertz CT molecular complexity index is 2270. The Hall–Kier alpha value is -0.610. The van der Waals surface area contributed by atoms with Gasteiger partial charge in [-0.25, -0.2) is 0 Å². The SMILES string of the molecule is C=C1C[C@@H]2CC[C@]34C[C@@H](O)[C@H](O3)[C@H]3C[C@@H](O4)[C@H]4O[C@H](CC[C@@H]4O3)CC(=O)O[C@@H]3[C@@H](C)[C@@H]4O[C@@H]5C[C@]6(C[C@@H]7O[C@]8(C[C@H](C)[C@@H]9O[C@H](COSI)[C@H](O)C[C@@H]9O8)C[C@H](C)[C@@H]7O6)O[C@@H]5C[C@@H]4O[C@H]3C[C@H]3O[C@@H](CC[C@@H]1O2)C[C@@H](C)C3=C. The van der Waals surface area contributed by atoms with Crippen LogP contribution in [0.4, 0.5) is 0 Å². The molecule has 0 aromatic rings. The highest BCUT2D eigenvalue weighted by Crippen LogP contribution is 2.56. The summed E-state index contributed by atoms with van der Waals surface area (Å²) in [4.78, 5) is 14.5. The normalized spacial score (nSPS) is 56.7. The Balaban J connectivity index is 0.686. The standard InChI is InChI=1S/C58H83IO18S/c1-26-13-32-7-9-37-27(2)14-34(64-37)11-12-56-22-36(61)54(77-56)43-19-45(73-56)55-38(67-43)10-8-33(66-55)15-49(62)71-53-31(6)52-42(68-41(53)17-39(65-32)30(26)5)18-40-46(69-52)23-58(72-40)24-47-51(76-58)29(4)21-57(75-47)20-28(3)50-44(74-57)16-35(60)48(70-50)25-63-78-59/h26,28-29,31-48,50-55,60-61H,2,5,7-25H2,1,3-4,6H3/t26-,28+,29+,31+,32+,33-,34+,35-,36-,37+,38+,39-,40-,41+,42+,43-,44+,45-,46-,47+,48-,50+,51+,52+,53-,54+,55+,56-,57-,58+/m1/s1. The molecular weight excluding hydrogens is 1140 g/mol. The van der Waals surface area contributed by atoms with Crippen molar-refractivity contribution in [3.05, 3.63) is 24.3 Å². The lowest BCUT2D eigenvalue weighted by atomic mass is 9.78. The predicted molar refractivity (Wildman–Crippen MR) is 286 cm³/mol. The van der Waals surface area contributed by atoms with Crippen LogP contribution in [0.25, 0.3) is 0 Å². The first-order valence-electron chi connectivity index (χ1n) is 30.0. The van der Waals surface area contributed by atoms with E-state index in [-0.39, 0.29) is 128 Å². The van der Waals surface area contributed by atoms with Crippen molar-refractivity contribution < 1.29 is 85.5 Å². The summed E-state index contributed by atoms with van der Waals surface area (Å²) in [6.07, 6.45) is 2.98. The van der Waals surface area contributed by atoms with Gasteiger partial charge in [-0.1, -0.05) is 40.9 Å². The van der Waals surface area contributed by atoms with Crippen molar-refractivity contribution in [2.45, 2.75) is 301 Å². The third-order valence-corrected chi connectivity index (χ3v) is 22.1. The molecule has 14 aliphatic rings. The van der Waals surface area contributed by atoms with E-state index in [1.165, 1.54) is 9.21 Å². The summed E-state index contributed by atoms with van der Waals surface area (Å²) in [6.45, 7) is 18.2. The van der Waals surface area contributed by atoms with Crippen LogP contribution in [0.1, 0.15) is 143 Å². The molecule has 14 saturated heterocycles. The van der Waals surface area contributed by atoms with Gasteiger partial charge in [-0.15, -0.1) is 0 Å². The second-order valence-electron chi connectivity index (χ2n) is 26.6. The summed E-state index contributed by atoms with van der Waals surface area (Å²) in [5.74, 6) is -2.82. The van der Waals surface area contributed by atoms with Gasteiger partial charge in [0, 0.05) is 91.3 Å². The van der Waals surface area contributed by atoms with Crippen molar-refractivity contribution in [1.29, 1.82) is 0 Å². The van der Waals surface area contributed by atoms with Crippen LogP contribution in [0, 0.1) is 23.7 Å². The Morgan fingerprint density at radius 3 is 2.05 bits per heavy atom. The number of carbonyl (C=O) groups excluding carboxylic acids is 1. The lowest BCUT2D eigenvalue weighted by Crippen LogP contribution is -2.63. The summed E-state index contributed by atoms with van der Waals surface area (Å²) >= 11 is 2.08. The highest BCUT2D eigenvalue weighted by molar-refractivity contribution is 14.2. The number of fused-ring (bicyclic) bond motifs is 13. The molecule has 436 valence electrons. The molecule has 0 aromatic heterocycles. The summed E-state index contributed by atoms with van der Waals surface area (Å²) in [5, 5.41) is 22.4. The molecule has 10 bridgehead atoms. The summed E-state index contributed by atoms with van der Waals surface area (Å²) < 4.78 is 102. The van der Waals surface area contributed by atoms with Crippen LogP contribution >= 0.6 is 30.4 Å². The van der Waals surface area contributed by atoms with Crippen molar-refractivity contribution in [3.63, 3.8) is 0 Å². The fourth-order valence-electron chi connectivity index (χ4n) is 17.4. The maximum atomic E-state index is 14.5. The quantitative estimate of drug-likeness (QED) is 0.125. The van der Waals surface area contributed by atoms with E-state index >= 15 is 0 Å². The second-order valence-corrected chi connectivity index (χ2v) is 28.1. The first kappa shape index (κ1) is 55.3. The van der Waals surface area contributed by atoms with Gasteiger partial charge in [0.15, 0.2) is 17.4 Å². The maximum Gasteiger partial charge on any atom is 0.308 e. The van der Waals surface area contributed by atoms with Gasteiger partial charge in [0.2, 0.25) is 0 Å². The molecule has 14 rings (SSSR count). The molecule has 0 aromatic carbocycles. The fourth-order valence-corrected chi connectivity index (χ4v) is 18.1. The Labute approximate surface area is 475 Å². The van der Waals surface area contributed by atoms with E-state index < -0.39 is 66.2 Å². The highest BCUT2D eigenvalue weighted by Gasteiger charge is 2.66. The highest BCUT2D eigenvalue weighted by atomic mass is 127. The lowest BCUT2D eigenvalue weighted by Gasteiger charge is -2.54. The van der Waals surface area contributed by atoms with Gasteiger partial charge in [0.1, 0.15) is 24.4 Å². The van der Waals surface area contributed by atoms with E-state index in [0.29, 0.717) is 90.1 Å². The van der Waals surface area contributed by atoms with Gasteiger partial charge < -0.3 is 80.7 Å². The lowest BCUT2D eigenvalue weighted by molar-refractivity contribution is -0.371. The van der Waals surface area contributed by atoms with Crippen LogP contribution in [-0.2, 0) is 75.3 Å². The van der Waals surface area contributed by atoms with E-state index in [2.05, 4.69) is 62.1 Å². The average molecular weight is 1230 g/mol. The second kappa shape index (κ2) is 21.4. The van der Waals surface area contributed by atoms with Gasteiger partial charge in [0.25, 0.3) is 0 Å². The molecular formula is C58H83IO18S. The van der Waals surface area contributed by atoms with Crippen molar-refractivity contribution in [3.8, 4) is 0 Å². The maximum absolute atomic E-state index is 14.5. The number of rotatable bonds is 3. The van der Waals surface area contributed by atoms with E-state index in [0.717, 1.165) is 36.8 Å². The molecule has 14 heterocycles. The van der Waals surface area contributed by atoms with Crippen molar-refractivity contribution in [2.24, 2.45) is 23.7 Å². The number of halogens is 1. The minimum atomic E-state index is -0.991. The number of esters is 1. The van der Waals surface area contributed by atoms with Crippen molar-refractivity contribution >= 4 is 36.4 Å². The molecule has 78 heavy (non-hydrogen) atoms. The van der Waals surface area contributed by atoms with E-state index in [1.807, 2.05) is 0 Å². The molecule has 30 atom stereocenters. The molecule has 0 amide bonds. The van der Waals surface area contributed by atoms with Crippen LogP contribution in [0.2, 0.25) is 0 Å². The monoisotopic (exact) mass is 1230 g/mol. The molecule has 20 heteroatoms. The zero-order valence-electron chi connectivity index (χ0n) is 45.7. The molecule has 18 nitrogen and oxygen atoms in total. The Morgan fingerprint density at radius 1 is 0.538 bits per heavy atom. The van der Waals surface area contributed by atoms with E-state index in [9.17, 15) is 15.0 Å². The minimum absolute atomic E-state index is 0.0284. The molecule has 0 saturated carbocycles. The molecule has 14 fully saturated rings. The van der Waals surface area contributed by atoms with Crippen molar-refractivity contribution in [1.82, 2.24) is 0 Å². The summed E-state index contributed by atoms with van der Waals surface area (Å²) in [6, 6.07) is 0. The van der Waals surface area contributed by atoms with Crippen molar-refractivity contribution in [2.75, 3.05) is 6.61 Å². The third kappa shape index (κ3) is 10.2. The predicted octanol–water partition coefficient (Wildman–Crippen LogP) is 7.18. The first-order chi connectivity index (χ1) is 37.5. The van der Waals surface area contributed by atoms with Crippen LogP contribution in [0.3, 0.4) is 0 Å². The zero-order chi connectivity index (χ0) is 53.6. The van der Waals surface area contributed by atoms with E-state index in [4.69, 9.17) is 70.5 Å². The van der Waals surface area contributed by atoms with Gasteiger partial charge in [0.05, 0.1) is 138 Å². The number of ether oxygens (including phenoxy) is 14. The van der Waals surface area contributed by atoms with Crippen LogP contribution < -0.4 is 0 Å². The fraction of sp³-hybridized carbons (Fsp3) is 0.914. The van der Waals surface area contributed by atoms with Crippen LogP contribution in [0.5, 0.6) is 0 Å². The topological polar surface area (TPSA) is 196 Å². The number of hydrogen-bond donors (Lipinski definition) is 2. The molecule has 0 unspecified atom stereocenters. The van der Waals surface area contributed by atoms with Gasteiger partial charge in [-0.3, -0.25) is 4.79 Å². The first-order valence-corrected chi connectivity index (χ1v) is 33.3. The van der Waals surface area contributed by atoms with Gasteiger partial charge in [-0.05, 0) is 73.8 Å². The third-order valence-electron chi connectivity index (χ3n) is 21.1. The number of aliphatic hydroxyl groups is 2. The molecule has 2 N–H and O–H groups in total. The Kier molecular flexibility index (Phi) is 15.2. The minimum Gasteiger partial charge on any atom is -0.459 e. The number of carbonyl (C=O) groups is 1. The summed E-state index contributed by atoms with van der Waals surface area (Å²) in [5.41, 5.74) is 2.12. The molecule has 3 spiro atoms. The molecule has 0 radical (unpaired) electrons. The van der Waals surface area contributed by atoms with E-state index in [1.54, 1.807) is 0 Å². The Morgan fingerprint density at radius 2 is 1.21 bits per heavy atom. The largest absolute Gasteiger partial charge is 0.459 e. The average Bonchev–Trinajstić information content (AvgIpc) is 4.23. The molecule has 14 aliphatic heterocycles. The number of aliphatic hydroxyl groups excluding tert-OH is 2. The van der Waals surface area contributed by atoms with Crippen LogP contribution in [0.15, 0.2) is 24.3 Å². The van der Waals surface area contributed by atoms with Gasteiger partial charge in [-0.2, -0.15) is 0 Å². The number of hydrogen-bond acceptors (Lipinski definition) is 19. The van der Waals surface area contributed by atoms with Gasteiger partial charge >= 0.3 is 5.97 Å².